The fourth-order valence-corrected chi connectivity index (χ4v) is 1.45. The Kier molecular flexibility index (Phi) is 2.86. The van der Waals surface area contributed by atoms with E-state index in [-0.39, 0.29) is 18.4 Å². The second-order valence-corrected chi connectivity index (χ2v) is 3.60. The van der Waals surface area contributed by atoms with Crippen LogP contribution in [0, 0.1) is 0 Å². The van der Waals surface area contributed by atoms with Crippen molar-refractivity contribution >= 4 is 17.6 Å². The Hall–Kier alpha value is -1.89. The minimum absolute atomic E-state index is 0.0955. The zero-order valence-corrected chi connectivity index (χ0v) is 8.86. The minimum Gasteiger partial charge on any atom is -0.353 e. The molecule has 1 saturated heterocycles. The van der Waals surface area contributed by atoms with Gasteiger partial charge in [0.2, 0.25) is 11.8 Å². The summed E-state index contributed by atoms with van der Waals surface area (Å²) in [6.07, 6.45) is 1.74. The Bertz CT molecular complexity index is 404. The maximum absolute atomic E-state index is 11.7. The molecule has 3 N–H and O–H groups in total. The third kappa shape index (κ3) is 2.37. The third-order valence-electron chi connectivity index (χ3n) is 2.29. The molecule has 7 heteroatoms. The minimum atomic E-state index is -0.403. The van der Waals surface area contributed by atoms with E-state index in [2.05, 4.69) is 21.0 Å². The topological polar surface area (TPSA) is 88.0 Å². The van der Waals surface area contributed by atoms with Crippen molar-refractivity contribution < 1.29 is 9.59 Å². The summed E-state index contributed by atoms with van der Waals surface area (Å²) in [7, 11) is 1.77. The van der Waals surface area contributed by atoms with E-state index in [1.54, 1.807) is 24.0 Å². The molecule has 0 spiro atoms. The highest BCUT2D eigenvalue weighted by Crippen LogP contribution is 2.02. The molecule has 2 rings (SSSR count). The Morgan fingerprint density at radius 2 is 2.50 bits per heavy atom. The highest BCUT2D eigenvalue weighted by molar-refractivity contribution is 5.95. The van der Waals surface area contributed by atoms with Gasteiger partial charge in [0.25, 0.3) is 0 Å². The van der Waals surface area contributed by atoms with Gasteiger partial charge < -0.3 is 10.6 Å². The molecule has 0 radical (unpaired) electrons. The summed E-state index contributed by atoms with van der Waals surface area (Å²) >= 11 is 0. The summed E-state index contributed by atoms with van der Waals surface area (Å²) < 4.78 is 1.60. The van der Waals surface area contributed by atoms with Crippen molar-refractivity contribution in [2.75, 3.05) is 18.4 Å². The molecule has 2 heterocycles. The van der Waals surface area contributed by atoms with Gasteiger partial charge in [-0.15, -0.1) is 0 Å². The SMILES string of the molecule is Cn1ccc(NC(=O)C2CNC(=O)CN2)n1. The van der Waals surface area contributed by atoms with Gasteiger partial charge in [-0.1, -0.05) is 0 Å². The number of nitrogens with zero attached hydrogens (tertiary/aromatic N) is 2. The van der Waals surface area contributed by atoms with Crippen molar-refractivity contribution in [1.29, 1.82) is 0 Å². The van der Waals surface area contributed by atoms with Gasteiger partial charge in [0.1, 0.15) is 6.04 Å². The zero-order valence-electron chi connectivity index (χ0n) is 8.86. The molecule has 0 saturated carbocycles. The molecule has 0 bridgehead atoms. The number of hydrogen-bond acceptors (Lipinski definition) is 4. The maximum Gasteiger partial charge on any atom is 0.244 e. The van der Waals surface area contributed by atoms with E-state index < -0.39 is 6.04 Å². The number of carbonyl (C=O) groups is 2. The van der Waals surface area contributed by atoms with E-state index in [0.29, 0.717) is 12.4 Å². The molecule has 86 valence electrons. The van der Waals surface area contributed by atoms with E-state index in [4.69, 9.17) is 0 Å². The van der Waals surface area contributed by atoms with Crippen molar-refractivity contribution in [3.63, 3.8) is 0 Å². The van der Waals surface area contributed by atoms with E-state index in [1.807, 2.05) is 0 Å². The molecule has 1 aliphatic heterocycles. The molecule has 1 atom stereocenters. The number of hydrogen-bond donors (Lipinski definition) is 3. The van der Waals surface area contributed by atoms with Crippen LogP contribution < -0.4 is 16.0 Å². The monoisotopic (exact) mass is 223 g/mol. The lowest BCUT2D eigenvalue weighted by Gasteiger charge is -2.22. The van der Waals surface area contributed by atoms with Gasteiger partial charge >= 0.3 is 0 Å². The quantitative estimate of drug-likeness (QED) is 0.566. The van der Waals surface area contributed by atoms with Crippen LogP contribution in [0.15, 0.2) is 12.3 Å². The van der Waals surface area contributed by atoms with Gasteiger partial charge in [0.05, 0.1) is 6.54 Å². The van der Waals surface area contributed by atoms with Crippen LogP contribution in [-0.2, 0) is 16.6 Å². The number of amides is 2. The lowest BCUT2D eigenvalue weighted by molar-refractivity contribution is -0.124. The summed E-state index contributed by atoms with van der Waals surface area (Å²) in [5, 5.41) is 12.1. The molecule has 1 unspecified atom stereocenters. The fraction of sp³-hybridized carbons (Fsp3) is 0.444. The summed E-state index contributed by atoms with van der Waals surface area (Å²) in [4.78, 5) is 22.6. The van der Waals surface area contributed by atoms with Crippen LogP contribution in [0.1, 0.15) is 0 Å². The highest BCUT2D eigenvalue weighted by Gasteiger charge is 2.23. The number of piperazine rings is 1. The average molecular weight is 223 g/mol. The van der Waals surface area contributed by atoms with Crippen molar-refractivity contribution in [2.45, 2.75) is 6.04 Å². The summed E-state index contributed by atoms with van der Waals surface area (Å²) in [6, 6.07) is 1.30. The fourth-order valence-electron chi connectivity index (χ4n) is 1.45. The van der Waals surface area contributed by atoms with Crippen LogP contribution in [0.4, 0.5) is 5.82 Å². The molecular formula is C9H13N5O2. The number of aromatic nitrogens is 2. The van der Waals surface area contributed by atoms with Crippen molar-refractivity contribution in [2.24, 2.45) is 7.05 Å². The normalized spacial score (nSPS) is 20.3. The summed E-state index contributed by atoms with van der Waals surface area (Å²) in [6.45, 7) is 0.470. The first kappa shape index (κ1) is 10.6. The van der Waals surface area contributed by atoms with Crippen molar-refractivity contribution in [1.82, 2.24) is 20.4 Å². The largest absolute Gasteiger partial charge is 0.353 e. The van der Waals surface area contributed by atoms with Crippen LogP contribution in [0.25, 0.3) is 0 Å². The third-order valence-corrected chi connectivity index (χ3v) is 2.29. The van der Waals surface area contributed by atoms with E-state index in [1.165, 1.54) is 0 Å². The predicted octanol–water partition coefficient (Wildman–Crippen LogP) is -1.55. The van der Waals surface area contributed by atoms with Crippen molar-refractivity contribution in [3.05, 3.63) is 12.3 Å². The summed E-state index contributed by atoms with van der Waals surface area (Å²) in [5.41, 5.74) is 0. The van der Waals surface area contributed by atoms with Gasteiger partial charge in [-0.25, -0.2) is 0 Å². The van der Waals surface area contributed by atoms with Crippen LogP contribution in [0.3, 0.4) is 0 Å². The van der Waals surface area contributed by atoms with E-state index in [9.17, 15) is 9.59 Å². The van der Waals surface area contributed by atoms with Crippen LogP contribution in [0.2, 0.25) is 0 Å². The second kappa shape index (κ2) is 4.31. The molecule has 16 heavy (non-hydrogen) atoms. The van der Waals surface area contributed by atoms with Crippen LogP contribution in [-0.4, -0.2) is 40.7 Å². The standard InChI is InChI=1S/C9H13N5O2/c1-14-3-2-7(13-14)12-9(16)6-4-11-8(15)5-10-6/h2-3,6,10H,4-5H2,1H3,(H,11,15)(H,12,13,16). The summed E-state index contributed by atoms with van der Waals surface area (Å²) in [5.74, 6) is 0.215. The molecule has 2 amide bonds. The number of rotatable bonds is 2. The molecule has 0 aliphatic carbocycles. The molecule has 1 aromatic heterocycles. The predicted molar refractivity (Wildman–Crippen MR) is 56.6 cm³/mol. The second-order valence-electron chi connectivity index (χ2n) is 3.60. The highest BCUT2D eigenvalue weighted by atomic mass is 16.2. The Balaban J connectivity index is 1.91. The number of nitrogens with one attached hydrogen (secondary N) is 3. The molecule has 7 nitrogen and oxygen atoms in total. The Labute approximate surface area is 92.2 Å². The van der Waals surface area contributed by atoms with E-state index in [0.717, 1.165) is 0 Å². The van der Waals surface area contributed by atoms with Crippen molar-refractivity contribution in [3.8, 4) is 0 Å². The van der Waals surface area contributed by atoms with Crippen LogP contribution in [0.5, 0.6) is 0 Å². The first-order valence-electron chi connectivity index (χ1n) is 4.96. The average Bonchev–Trinajstić information content (AvgIpc) is 2.65. The molecule has 1 fully saturated rings. The maximum atomic E-state index is 11.7. The number of anilines is 1. The smallest absolute Gasteiger partial charge is 0.244 e. The first-order chi connectivity index (χ1) is 7.65. The van der Waals surface area contributed by atoms with E-state index >= 15 is 0 Å². The van der Waals surface area contributed by atoms with Gasteiger partial charge in [0.15, 0.2) is 5.82 Å². The van der Waals surface area contributed by atoms with Gasteiger partial charge in [-0.2, -0.15) is 5.10 Å². The lowest BCUT2D eigenvalue weighted by atomic mass is 10.2. The molecule has 0 aromatic carbocycles. The zero-order chi connectivity index (χ0) is 11.5. The molecule has 1 aliphatic rings. The van der Waals surface area contributed by atoms with Gasteiger partial charge in [-0.05, 0) is 0 Å². The first-order valence-corrected chi connectivity index (χ1v) is 4.96. The lowest BCUT2D eigenvalue weighted by Crippen LogP contribution is -2.56. The Morgan fingerprint density at radius 1 is 1.69 bits per heavy atom. The Morgan fingerprint density at radius 3 is 3.06 bits per heavy atom. The number of aryl methyl sites for hydroxylation is 1. The van der Waals surface area contributed by atoms with Gasteiger partial charge in [0, 0.05) is 25.9 Å². The molecule has 1 aromatic rings. The molecular weight excluding hydrogens is 210 g/mol. The van der Waals surface area contributed by atoms with Gasteiger partial charge in [-0.3, -0.25) is 19.6 Å². The van der Waals surface area contributed by atoms with Crippen LogP contribution >= 0.6 is 0 Å². The number of carbonyl (C=O) groups excluding carboxylic acids is 2.